The molecule has 4 rings (SSSR count). The Balaban J connectivity index is 1.71. The van der Waals surface area contributed by atoms with Gasteiger partial charge in [0.25, 0.3) is 0 Å². The Labute approximate surface area is 163 Å². The van der Waals surface area contributed by atoms with Crippen LogP contribution >= 0.6 is 0 Å². The lowest BCUT2D eigenvalue weighted by Gasteiger charge is -2.25. The normalized spacial score (nSPS) is 15.2. The minimum Gasteiger partial charge on any atom is -0.302 e. The number of ketones is 1. The zero-order valence-electron chi connectivity index (χ0n) is 15.6. The van der Waals surface area contributed by atoms with Gasteiger partial charge >= 0.3 is 0 Å². The van der Waals surface area contributed by atoms with Gasteiger partial charge in [0.2, 0.25) is 11.6 Å². The van der Waals surface area contributed by atoms with Crippen molar-refractivity contribution in [3.8, 4) is 0 Å². The first-order valence-electron chi connectivity index (χ1n) is 9.70. The molecule has 0 aliphatic heterocycles. The van der Waals surface area contributed by atoms with E-state index in [0.717, 1.165) is 31.2 Å². The van der Waals surface area contributed by atoms with E-state index in [1.54, 1.807) is 0 Å². The van der Waals surface area contributed by atoms with Gasteiger partial charge in [0.05, 0.1) is 0 Å². The molecule has 0 bridgehead atoms. The quantitative estimate of drug-likeness (QED) is 0.567. The highest BCUT2D eigenvalue weighted by Crippen LogP contribution is 2.31. The van der Waals surface area contributed by atoms with E-state index in [4.69, 9.17) is 0 Å². The molecule has 5 heteroatoms. The third kappa shape index (κ3) is 3.93. The van der Waals surface area contributed by atoms with Gasteiger partial charge in [-0.3, -0.25) is 4.79 Å². The molecule has 0 saturated heterocycles. The molecule has 28 heavy (non-hydrogen) atoms. The van der Waals surface area contributed by atoms with Gasteiger partial charge < -0.3 is 4.57 Å². The molecular weight excluding hydrogens is 353 g/mol. The molecule has 3 aromatic rings. The van der Waals surface area contributed by atoms with Gasteiger partial charge in [-0.1, -0.05) is 55.7 Å². The standard InChI is InChI=1S/C23H22FN3O/c24-19-14-12-18(13-15-19)22(28)23-26-25-21(16-11-17-7-3-1-4-8-17)27(23)20-9-5-2-6-10-20/h1,3-4,7-8,11-16,20H,2,5-6,9-10H2/b16-11+. The van der Waals surface area contributed by atoms with Crippen LogP contribution in [0.5, 0.6) is 0 Å². The molecule has 2 aromatic carbocycles. The molecule has 1 aromatic heterocycles. The van der Waals surface area contributed by atoms with Crippen LogP contribution in [-0.2, 0) is 0 Å². The highest BCUT2D eigenvalue weighted by molar-refractivity contribution is 6.06. The Morgan fingerprint density at radius 1 is 0.929 bits per heavy atom. The maximum absolute atomic E-state index is 13.2. The summed E-state index contributed by atoms with van der Waals surface area (Å²) in [6, 6.07) is 15.8. The number of benzene rings is 2. The molecule has 1 aliphatic rings. The lowest BCUT2D eigenvalue weighted by Crippen LogP contribution is -2.20. The molecule has 142 valence electrons. The van der Waals surface area contributed by atoms with Gasteiger partial charge in [0, 0.05) is 11.6 Å². The Hall–Kier alpha value is -3.08. The topological polar surface area (TPSA) is 47.8 Å². The molecule has 1 aliphatic carbocycles. The van der Waals surface area contributed by atoms with Gasteiger partial charge in [-0.05, 0) is 48.7 Å². The van der Waals surface area contributed by atoms with Crippen molar-refractivity contribution >= 4 is 17.9 Å². The van der Waals surface area contributed by atoms with E-state index < -0.39 is 0 Å². The molecule has 1 saturated carbocycles. The van der Waals surface area contributed by atoms with E-state index in [2.05, 4.69) is 10.2 Å². The molecule has 4 nitrogen and oxygen atoms in total. The predicted molar refractivity (Wildman–Crippen MR) is 107 cm³/mol. The zero-order chi connectivity index (χ0) is 19.3. The summed E-state index contributed by atoms with van der Waals surface area (Å²) >= 11 is 0. The maximum Gasteiger partial charge on any atom is 0.230 e. The smallest absolute Gasteiger partial charge is 0.230 e. The molecule has 0 amide bonds. The second-order valence-corrected chi connectivity index (χ2v) is 7.12. The summed E-state index contributed by atoms with van der Waals surface area (Å²) in [5, 5.41) is 8.52. The van der Waals surface area contributed by atoms with Crippen LogP contribution in [0.4, 0.5) is 4.39 Å². The summed E-state index contributed by atoms with van der Waals surface area (Å²) in [6.45, 7) is 0. The Morgan fingerprint density at radius 3 is 2.36 bits per heavy atom. The van der Waals surface area contributed by atoms with E-state index in [1.807, 2.05) is 47.1 Å². The van der Waals surface area contributed by atoms with Crippen LogP contribution in [0, 0.1) is 5.82 Å². The highest BCUT2D eigenvalue weighted by Gasteiger charge is 2.26. The minimum atomic E-state index is -0.364. The van der Waals surface area contributed by atoms with Gasteiger partial charge in [0.15, 0.2) is 5.82 Å². The van der Waals surface area contributed by atoms with Crippen LogP contribution in [0.15, 0.2) is 54.6 Å². The van der Waals surface area contributed by atoms with Crippen molar-refractivity contribution in [2.45, 2.75) is 38.1 Å². The zero-order valence-corrected chi connectivity index (χ0v) is 15.6. The molecule has 1 fully saturated rings. The summed E-state index contributed by atoms with van der Waals surface area (Å²) in [4.78, 5) is 13.0. The molecule has 0 unspecified atom stereocenters. The summed E-state index contributed by atoms with van der Waals surface area (Å²) in [6.07, 6.45) is 9.40. The van der Waals surface area contributed by atoms with E-state index in [-0.39, 0.29) is 17.6 Å². The van der Waals surface area contributed by atoms with Crippen LogP contribution in [0.25, 0.3) is 12.2 Å². The second-order valence-electron chi connectivity index (χ2n) is 7.12. The van der Waals surface area contributed by atoms with E-state index in [9.17, 15) is 9.18 Å². The van der Waals surface area contributed by atoms with Crippen molar-refractivity contribution in [3.05, 3.63) is 83.2 Å². The van der Waals surface area contributed by atoms with Crippen molar-refractivity contribution < 1.29 is 9.18 Å². The average molecular weight is 375 g/mol. The molecule has 0 radical (unpaired) electrons. The van der Waals surface area contributed by atoms with Crippen LogP contribution in [-0.4, -0.2) is 20.5 Å². The first-order chi connectivity index (χ1) is 13.7. The van der Waals surface area contributed by atoms with Crippen LogP contribution < -0.4 is 0 Å². The summed E-state index contributed by atoms with van der Waals surface area (Å²) < 4.78 is 15.2. The first-order valence-corrected chi connectivity index (χ1v) is 9.70. The fourth-order valence-corrected chi connectivity index (χ4v) is 3.74. The fourth-order valence-electron chi connectivity index (χ4n) is 3.74. The monoisotopic (exact) mass is 375 g/mol. The number of hydrogen-bond donors (Lipinski definition) is 0. The van der Waals surface area contributed by atoms with Gasteiger partial charge in [-0.2, -0.15) is 0 Å². The van der Waals surface area contributed by atoms with Crippen LogP contribution in [0.3, 0.4) is 0 Å². The second kappa shape index (κ2) is 8.30. The van der Waals surface area contributed by atoms with Crippen molar-refractivity contribution in [2.75, 3.05) is 0 Å². The number of aromatic nitrogens is 3. The number of nitrogens with zero attached hydrogens (tertiary/aromatic N) is 3. The first kappa shape index (κ1) is 18.3. The van der Waals surface area contributed by atoms with Crippen LogP contribution in [0.1, 0.15) is 65.7 Å². The lowest BCUT2D eigenvalue weighted by molar-refractivity contribution is 0.102. The van der Waals surface area contributed by atoms with Gasteiger partial charge in [-0.25, -0.2) is 4.39 Å². The molecule has 1 heterocycles. The van der Waals surface area contributed by atoms with E-state index >= 15 is 0 Å². The van der Waals surface area contributed by atoms with Gasteiger partial charge in [-0.15, -0.1) is 10.2 Å². The summed E-state index contributed by atoms with van der Waals surface area (Å²) in [5.74, 6) is 0.418. The molecule has 0 spiro atoms. The predicted octanol–water partition coefficient (Wildman–Crippen LogP) is 5.32. The Morgan fingerprint density at radius 2 is 1.64 bits per heavy atom. The summed E-state index contributed by atoms with van der Waals surface area (Å²) in [5.41, 5.74) is 1.48. The number of carbonyl (C=O) groups excluding carboxylic acids is 1. The Bertz CT molecular complexity index is 971. The van der Waals surface area contributed by atoms with Crippen LogP contribution in [0.2, 0.25) is 0 Å². The molecule has 0 atom stereocenters. The number of hydrogen-bond acceptors (Lipinski definition) is 3. The van der Waals surface area contributed by atoms with Crippen molar-refractivity contribution in [2.24, 2.45) is 0 Å². The fraction of sp³-hybridized carbons (Fsp3) is 0.261. The average Bonchev–Trinajstić information content (AvgIpc) is 3.17. The van der Waals surface area contributed by atoms with Gasteiger partial charge in [0.1, 0.15) is 5.82 Å². The largest absolute Gasteiger partial charge is 0.302 e. The summed E-state index contributed by atoms with van der Waals surface area (Å²) in [7, 11) is 0. The SMILES string of the molecule is O=C(c1ccc(F)cc1)c1nnc(/C=C/c2ccccc2)n1C1CCCCC1. The van der Waals surface area contributed by atoms with Crippen molar-refractivity contribution in [1.29, 1.82) is 0 Å². The third-order valence-electron chi connectivity index (χ3n) is 5.20. The van der Waals surface area contributed by atoms with Crippen molar-refractivity contribution in [1.82, 2.24) is 14.8 Å². The third-order valence-corrected chi connectivity index (χ3v) is 5.20. The number of carbonyl (C=O) groups is 1. The maximum atomic E-state index is 13.2. The lowest BCUT2D eigenvalue weighted by atomic mass is 9.94. The minimum absolute atomic E-state index is 0.207. The Kier molecular flexibility index (Phi) is 5.42. The molecular formula is C23H22FN3O. The number of rotatable bonds is 5. The van der Waals surface area contributed by atoms with E-state index in [0.29, 0.717) is 17.2 Å². The van der Waals surface area contributed by atoms with E-state index in [1.165, 1.54) is 30.7 Å². The number of halogens is 1. The van der Waals surface area contributed by atoms with Crippen molar-refractivity contribution in [3.63, 3.8) is 0 Å². The molecule has 0 N–H and O–H groups in total. The highest BCUT2D eigenvalue weighted by atomic mass is 19.1.